The minimum Gasteiger partial charge on any atom is -0.254 e. The maximum absolute atomic E-state index is 8.66. The highest BCUT2D eigenvalue weighted by Crippen LogP contribution is 2.19. The molecule has 2 rings (SSSR count). The zero-order valence-corrected chi connectivity index (χ0v) is 7.62. The summed E-state index contributed by atoms with van der Waals surface area (Å²) in [6.45, 7) is 0. The molecule has 0 radical (unpaired) electrons. The number of nitrogens with zero attached hydrogens (tertiary/aromatic N) is 2. The van der Waals surface area contributed by atoms with Crippen molar-refractivity contribution in [2.45, 2.75) is 4.90 Å². The van der Waals surface area contributed by atoms with Crippen molar-refractivity contribution in [2.75, 3.05) is 0 Å². The number of pyridine rings is 1. The fraction of sp³-hybridized carbons (Fsp3) is 0. The van der Waals surface area contributed by atoms with Gasteiger partial charge in [0.25, 0.3) is 0 Å². The largest absolute Gasteiger partial charge is 0.254 e. The Morgan fingerprint density at radius 1 is 1.38 bits per heavy atom. The summed E-state index contributed by atoms with van der Waals surface area (Å²) in [4.78, 5) is 4.99. The van der Waals surface area contributed by atoms with Gasteiger partial charge in [-0.1, -0.05) is 12.1 Å². The molecule has 3 heteroatoms. The van der Waals surface area contributed by atoms with Gasteiger partial charge in [0.15, 0.2) is 0 Å². The molecule has 0 unspecified atom stereocenters. The first-order valence-electron chi connectivity index (χ1n) is 3.79. The first-order chi connectivity index (χ1) is 6.31. The van der Waals surface area contributed by atoms with Gasteiger partial charge in [0.05, 0.1) is 11.1 Å². The summed E-state index contributed by atoms with van der Waals surface area (Å²) >= 11 is 4.27. The first kappa shape index (κ1) is 8.09. The van der Waals surface area contributed by atoms with Gasteiger partial charge in [0.2, 0.25) is 0 Å². The SMILES string of the molecule is N#Cc1cnc2c(S)cccc2c1. The lowest BCUT2D eigenvalue weighted by Gasteiger charge is -1.99. The summed E-state index contributed by atoms with van der Waals surface area (Å²) in [5.74, 6) is 0. The molecule has 0 aliphatic carbocycles. The number of thiol groups is 1. The van der Waals surface area contributed by atoms with Crippen molar-refractivity contribution >= 4 is 23.5 Å². The zero-order valence-electron chi connectivity index (χ0n) is 6.73. The van der Waals surface area contributed by atoms with Crippen molar-refractivity contribution in [3.8, 4) is 6.07 Å². The summed E-state index contributed by atoms with van der Waals surface area (Å²) in [7, 11) is 0. The van der Waals surface area contributed by atoms with Gasteiger partial charge in [0.1, 0.15) is 6.07 Å². The molecule has 0 saturated heterocycles. The van der Waals surface area contributed by atoms with E-state index in [-0.39, 0.29) is 0 Å². The van der Waals surface area contributed by atoms with Crippen LogP contribution in [-0.2, 0) is 0 Å². The molecule has 0 saturated carbocycles. The predicted octanol–water partition coefficient (Wildman–Crippen LogP) is 2.40. The van der Waals surface area contributed by atoms with Crippen LogP contribution in [0.15, 0.2) is 35.4 Å². The summed E-state index contributed by atoms with van der Waals surface area (Å²) in [6.07, 6.45) is 1.56. The van der Waals surface area contributed by atoms with Gasteiger partial charge in [0, 0.05) is 16.5 Å². The predicted molar refractivity (Wildman–Crippen MR) is 53.7 cm³/mol. The number of hydrogen-bond donors (Lipinski definition) is 1. The average molecular weight is 186 g/mol. The highest BCUT2D eigenvalue weighted by atomic mass is 32.1. The molecule has 0 fully saturated rings. The summed E-state index contributed by atoms with van der Waals surface area (Å²) in [5.41, 5.74) is 1.41. The second-order valence-corrected chi connectivity index (χ2v) is 3.17. The Hall–Kier alpha value is -1.53. The van der Waals surface area contributed by atoms with E-state index in [1.807, 2.05) is 24.3 Å². The molecule has 0 bridgehead atoms. The summed E-state index contributed by atoms with van der Waals surface area (Å²) < 4.78 is 0. The molecule has 0 N–H and O–H groups in total. The van der Waals surface area contributed by atoms with Crippen molar-refractivity contribution in [3.63, 3.8) is 0 Å². The fourth-order valence-electron chi connectivity index (χ4n) is 1.21. The zero-order chi connectivity index (χ0) is 9.26. The van der Waals surface area contributed by atoms with Gasteiger partial charge < -0.3 is 0 Å². The Bertz CT molecular complexity index is 500. The van der Waals surface area contributed by atoms with E-state index in [1.54, 1.807) is 6.20 Å². The topological polar surface area (TPSA) is 36.7 Å². The highest BCUT2D eigenvalue weighted by Gasteiger charge is 1.99. The molecule has 0 atom stereocenters. The molecule has 0 aliphatic heterocycles. The molecular weight excluding hydrogens is 180 g/mol. The normalized spacial score (nSPS) is 9.85. The van der Waals surface area contributed by atoms with Crippen LogP contribution in [0.3, 0.4) is 0 Å². The molecule has 1 heterocycles. The van der Waals surface area contributed by atoms with Crippen LogP contribution in [0.4, 0.5) is 0 Å². The Morgan fingerprint density at radius 3 is 3.00 bits per heavy atom. The van der Waals surface area contributed by atoms with Crippen molar-refractivity contribution in [3.05, 3.63) is 36.0 Å². The van der Waals surface area contributed by atoms with Crippen LogP contribution < -0.4 is 0 Å². The number of fused-ring (bicyclic) bond motifs is 1. The molecule has 2 aromatic rings. The number of rotatable bonds is 0. The van der Waals surface area contributed by atoms with Gasteiger partial charge in [-0.3, -0.25) is 4.98 Å². The van der Waals surface area contributed by atoms with Crippen LogP contribution in [0.5, 0.6) is 0 Å². The van der Waals surface area contributed by atoms with E-state index in [2.05, 4.69) is 23.7 Å². The van der Waals surface area contributed by atoms with E-state index >= 15 is 0 Å². The van der Waals surface area contributed by atoms with E-state index in [4.69, 9.17) is 5.26 Å². The van der Waals surface area contributed by atoms with E-state index in [0.717, 1.165) is 15.8 Å². The Labute approximate surface area is 81.2 Å². The van der Waals surface area contributed by atoms with Crippen molar-refractivity contribution in [2.24, 2.45) is 0 Å². The lowest BCUT2D eigenvalue weighted by Crippen LogP contribution is -1.82. The lowest BCUT2D eigenvalue weighted by molar-refractivity contribution is 1.33. The molecule has 62 valence electrons. The highest BCUT2D eigenvalue weighted by molar-refractivity contribution is 7.80. The third-order valence-electron chi connectivity index (χ3n) is 1.82. The summed E-state index contributed by atoms with van der Waals surface area (Å²) in [5, 5.41) is 9.61. The number of benzene rings is 1. The molecule has 0 aliphatic rings. The quantitative estimate of drug-likeness (QED) is 0.641. The van der Waals surface area contributed by atoms with Gasteiger partial charge in [-0.05, 0) is 12.1 Å². The van der Waals surface area contributed by atoms with Crippen molar-refractivity contribution in [1.29, 1.82) is 5.26 Å². The minimum absolute atomic E-state index is 0.575. The van der Waals surface area contributed by atoms with Gasteiger partial charge in [-0.25, -0.2) is 0 Å². The Kier molecular flexibility index (Phi) is 1.91. The van der Waals surface area contributed by atoms with E-state index < -0.39 is 0 Å². The number of para-hydroxylation sites is 1. The van der Waals surface area contributed by atoms with E-state index in [9.17, 15) is 0 Å². The van der Waals surface area contributed by atoms with Gasteiger partial charge >= 0.3 is 0 Å². The molecular formula is C10H6N2S. The Balaban J connectivity index is 2.82. The number of hydrogen-bond acceptors (Lipinski definition) is 3. The number of nitriles is 1. The van der Waals surface area contributed by atoms with Crippen LogP contribution in [0.1, 0.15) is 5.56 Å². The van der Waals surface area contributed by atoms with Gasteiger partial charge in [-0.2, -0.15) is 5.26 Å². The molecule has 1 aromatic heterocycles. The lowest BCUT2D eigenvalue weighted by atomic mass is 10.2. The van der Waals surface area contributed by atoms with Crippen LogP contribution in [0.25, 0.3) is 10.9 Å². The molecule has 0 amide bonds. The number of aromatic nitrogens is 1. The smallest absolute Gasteiger partial charge is 0.101 e. The van der Waals surface area contributed by atoms with Crippen LogP contribution in [-0.4, -0.2) is 4.98 Å². The minimum atomic E-state index is 0.575. The molecule has 1 aromatic carbocycles. The maximum Gasteiger partial charge on any atom is 0.101 e. The van der Waals surface area contributed by atoms with E-state index in [1.165, 1.54) is 0 Å². The van der Waals surface area contributed by atoms with Crippen molar-refractivity contribution in [1.82, 2.24) is 4.98 Å². The third kappa shape index (κ3) is 1.36. The fourth-order valence-corrected chi connectivity index (χ4v) is 1.48. The monoisotopic (exact) mass is 186 g/mol. The second kappa shape index (κ2) is 3.08. The van der Waals surface area contributed by atoms with Crippen LogP contribution >= 0.6 is 12.6 Å². The first-order valence-corrected chi connectivity index (χ1v) is 4.24. The average Bonchev–Trinajstić information content (AvgIpc) is 2.18. The third-order valence-corrected chi connectivity index (χ3v) is 2.18. The van der Waals surface area contributed by atoms with Crippen LogP contribution in [0, 0.1) is 11.3 Å². The van der Waals surface area contributed by atoms with Crippen molar-refractivity contribution < 1.29 is 0 Å². The maximum atomic E-state index is 8.66. The van der Waals surface area contributed by atoms with Gasteiger partial charge in [-0.15, -0.1) is 12.6 Å². The Morgan fingerprint density at radius 2 is 2.23 bits per heavy atom. The second-order valence-electron chi connectivity index (χ2n) is 2.68. The molecule has 13 heavy (non-hydrogen) atoms. The molecule has 2 nitrogen and oxygen atoms in total. The van der Waals surface area contributed by atoms with E-state index in [0.29, 0.717) is 5.56 Å². The summed E-state index contributed by atoms with van der Waals surface area (Å²) in [6, 6.07) is 9.55. The standard InChI is InChI=1S/C10H6N2S/c11-5-7-4-8-2-1-3-9(13)10(8)12-6-7/h1-4,6,13H. The van der Waals surface area contributed by atoms with Crippen LogP contribution in [0.2, 0.25) is 0 Å². The molecule has 0 spiro atoms.